The Hall–Kier alpha value is -6.66. The summed E-state index contributed by atoms with van der Waals surface area (Å²) in [5.41, 5.74) is 6.10. The van der Waals surface area contributed by atoms with Crippen LogP contribution in [0.15, 0.2) is 72.4 Å². The van der Waals surface area contributed by atoms with Crippen molar-refractivity contribution in [2.75, 3.05) is 58.2 Å². The number of nitrogens with one attached hydrogen (secondary N) is 4. The number of anilines is 1. The van der Waals surface area contributed by atoms with Crippen LogP contribution in [0.4, 0.5) is 20.1 Å². The SMILES string of the molecule is CC[C@H](O)[C@@H](C)[C@H]1O[C@@H]1C[C@H](C)/C=C/C=C(\C)[C@H]1OC(=O)C[C@H](O)CC[C@@](C)(OC)[C@@H](OC(=O)N2CCN(C(=O)OCc3ccc(NC(=O)[C@H](CCCNC(N)=O)NC[C@@H](NC(=O)CCCCCN4C(=O)C=CC4=O)C(C)C)cc3)CC2)/C=C/[C@@H]1C. The van der Waals surface area contributed by atoms with Crippen LogP contribution < -0.4 is 27.0 Å². The fourth-order valence-electron chi connectivity index (χ4n) is 10.6. The van der Waals surface area contributed by atoms with Crippen LogP contribution in [0.2, 0.25) is 0 Å². The number of methoxy groups -OCH3 is 1. The van der Waals surface area contributed by atoms with Crippen molar-refractivity contribution >= 4 is 53.5 Å². The van der Waals surface area contributed by atoms with Gasteiger partial charge in [0.15, 0.2) is 6.10 Å². The number of benzene rings is 1. The highest BCUT2D eigenvalue weighted by Crippen LogP contribution is 2.37. The molecule has 12 atom stereocenters. The number of epoxide rings is 1. The number of amides is 8. The molecular weight excluding hydrogens is 1110 g/mol. The summed E-state index contributed by atoms with van der Waals surface area (Å²) >= 11 is 0. The lowest BCUT2D eigenvalue weighted by Crippen LogP contribution is -2.53. The maximum absolute atomic E-state index is 13.9. The maximum atomic E-state index is 13.9. The summed E-state index contributed by atoms with van der Waals surface area (Å²) in [6.45, 7) is 17.1. The molecule has 8 N–H and O–H groups in total. The third-order valence-corrected chi connectivity index (χ3v) is 16.6. The average molecular weight is 1210 g/mol. The van der Waals surface area contributed by atoms with Crippen molar-refractivity contribution in [3.8, 4) is 0 Å². The Labute approximate surface area is 507 Å². The molecule has 1 aromatic carbocycles. The molecule has 0 aliphatic carbocycles. The van der Waals surface area contributed by atoms with E-state index in [1.54, 1.807) is 37.3 Å². The van der Waals surface area contributed by atoms with Crippen LogP contribution in [0, 0.1) is 23.7 Å². The molecule has 0 aromatic heterocycles. The van der Waals surface area contributed by atoms with Crippen LogP contribution in [-0.2, 0) is 54.3 Å². The Kier molecular flexibility index (Phi) is 28.2. The van der Waals surface area contributed by atoms with Crippen molar-refractivity contribution in [3.05, 3.63) is 77.9 Å². The number of urea groups is 1. The van der Waals surface area contributed by atoms with Crippen molar-refractivity contribution in [3.63, 3.8) is 0 Å². The number of nitrogens with two attached hydrogens (primary N) is 1. The number of cyclic esters (lactones) is 1. The van der Waals surface area contributed by atoms with Gasteiger partial charge in [0.25, 0.3) is 11.8 Å². The van der Waals surface area contributed by atoms with E-state index in [2.05, 4.69) is 34.3 Å². The Morgan fingerprint density at radius 1 is 0.930 bits per heavy atom. The van der Waals surface area contributed by atoms with Gasteiger partial charge < -0.3 is 70.7 Å². The highest BCUT2D eigenvalue weighted by atomic mass is 16.6. The number of aliphatic hydroxyl groups is 2. The van der Waals surface area contributed by atoms with Crippen LogP contribution in [0.1, 0.15) is 132 Å². The number of unbranched alkanes of at least 4 members (excludes halogenated alkanes) is 2. The van der Waals surface area contributed by atoms with Gasteiger partial charge in [0.05, 0.1) is 36.9 Å². The number of allylic oxidation sites excluding steroid dienone is 3. The normalized spacial score (nSPS) is 25.1. The van der Waals surface area contributed by atoms with E-state index in [1.165, 1.54) is 34.0 Å². The molecule has 0 saturated carbocycles. The van der Waals surface area contributed by atoms with Gasteiger partial charge in [-0.1, -0.05) is 84.4 Å². The molecule has 2 saturated heterocycles. The Morgan fingerprint density at radius 2 is 1.60 bits per heavy atom. The lowest BCUT2D eigenvalue weighted by molar-refractivity contribution is -0.151. The standard InChI is InChI=1S/C63H96N8O15/c1-10-50(73)44(7)58-51(84-58)36-41(4)16-14-17-42(5)57-43(6)20-25-52(63(8,82-9)29-28-47(72)37-56(77)86-57)85-62(81)70-34-32-69(33-35-70)61(80)83-39-45-21-23-46(24-22-45)67-59(78)48(18-15-30-65-60(64)79)66-38-49(40(2)3)68-53(74)19-12-11-13-31-71-54(75)26-27-55(71)76/h14,16-17,20-27,40-41,43-44,47-52,57-58,66,72-73H,10-13,15,18-19,28-39H2,1-9H3,(H,67,78)(H,68,74)(H3,64,65,79)/b16-14+,25-20+,42-17+/t41-,43+,44-,47-,48+,49-,50+,51-,52+,57-,58-,63-/m1/s1. The van der Waals surface area contributed by atoms with Crippen molar-refractivity contribution in [2.24, 2.45) is 29.4 Å². The van der Waals surface area contributed by atoms with Crippen LogP contribution in [-0.4, -0.2) is 180 Å². The zero-order valence-electron chi connectivity index (χ0n) is 51.8. The third-order valence-electron chi connectivity index (χ3n) is 16.6. The summed E-state index contributed by atoms with van der Waals surface area (Å²) < 4.78 is 29.7. The second-order valence-electron chi connectivity index (χ2n) is 23.9. The van der Waals surface area contributed by atoms with Gasteiger partial charge in [0.1, 0.15) is 18.3 Å². The zero-order chi connectivity index (χ0) is 63.1. The van der Waals surface area contributed by atoms with Crippen molar-refractivity contribution in [1.82, 2.24) is 30.7 Å². The summed E-state index contributed by atoms with van der Waals surface area (Å²) in [7, 11) is 1.51. The number of ether oxygens (including phenoxy) is 5. The smallest absolute Gasteiger partial charge is 0.410 e. The fraction of sp³-hybridized carbons (Fsp3) is 0.651. The number of nitrogens with zero attached hydrogens (tertiary/aromatic N) is 3. The van der Waals surface area contributed by atoms with E-state index >= 15 is 0 Å². The number of rotatable bonds is 29. The lowest BCUT2D eigenvalue weighted by atomic mass is 9.88. The number of carbonyl (C=O) groups is 8. The van der Waals surface area contributed by atoms with E-state index in [9.17, 15) is 48.6 Å². The third kappa shape index (κ3) is 22.6. The number of carbonyl (C=O) groups excluding carboxylic acids is 8. The van der Waals surface area contributed by atoms with Gasteiger partial charge in [0, 0.05) is 95.1 Å². The van der Waals surface area contributed by atoms with Crippen LogP contribution in [0.25, 0.3) is 0 Å². The van der Waals surface area contributed by atoms with Crippen molar-refractivity contribution in [2.45, 2.75) is 187 Å². The average Bonchev–Trinajstić information content (AvgIpc) is 2.83. The van der Waals surface area contributed by atoms with Gasteiger partial charge in [-0.15, -0.1) is 0 Å². The monoisotopic (exact) mass is 1200 g/mol. The fourth-order valence-corrected chi connectivity index (χ4v) is 10.6. The van der Waals surface area contributed by atoms with E-state index in [1.807, 2.05) is 59.8 Å². The summed E-state index contributed by atoms with van der Waals surface area (Å²) in [4.78, 5) is 106. The molecule has 0 radical (unpaired) electrons. The summed E-state index contributed by atoms with van der Waals surface area (Å²) in [5, 5.41) is 33.1. The Morgan fingerprint density at radius 3 is 2.24 bits per heavy atom. The lowest BCUT2D eigenvalue weighted by Gasteiger charge is -2.38. The maximum Gasteiger partial charge on any atom is 0.410 e. The Balaban J connectivity index is 1.10. The molecule has 478 valence electrons. The number of aliphatic hydroxyl groups excluding tert-OH is 2. The van der Waals surface area contributed by atoms with Gasteiger partial charge >= 0.3 is 24.2 Å². The molecule has 8 amide bonds. The van der Waals surface area contributed by atoms with E-state index in [-0.39, 0.29) is 137 Å². The molecule has 23 nitrogen and oxygen atoms in total. The number of hydrogen-bond donors (Lipinski definition) is 7. The minimum atomic E-state index is -1.09. The quantitative estimate of drug-likeness (QED) is 0.00897. The molecule has 1 aromatic rings. The minimum Gasteiger partial charge on any atom is -0.457 e. The van der Waals surface area contributed by atoms with Crippen LogP contribution in [0.3, 0.4) is 0 Å². The first-order chi connectivity index (χ1) is 40.9. The van der Waals surface area contributed by atoms with E-state index in [4.69, 9.17) is 29.4 Å². The topological polar surface area (TPSA) is 310 Å². The highest BCUT2D eigenvalue weighted by Gasteiger charge is 2.45. The molecule has 23 heteroatoms. The molecule has 2 fully saturated rings. The largest absolute Gasteiger partial charge is 0.457 e. The molecule has 4 aliphatic rings. The summed E-state index contributed by atoms with van der Waals surface area (Å²) in [5.74, 6) is -1.77. The molecule has 0 unspecified atom stereocenters. The number of primary amides is 1. The predicted octanol–water partition coefficient (Wildman–Crippen LogP) is 6.17. The Bertz CT molecular complexity index is 2530. The molecule has 4 heterocycles. The second-order valence-corrected chi connectivity index (χ2v) is 23.9. The van der Waals surface area contributed by atoms with E-state index in [0.29, 0.717) is 56.3 Å². The van der Waals surface area contributed by atoms with Crippen molar-refractivity contribution < 1.29 is 72.3 Å². The second kappa shape index (κ2) is 34.6. The number of imide groups is 1. The van der Waals surface area contributed by atoms with Gasteiger partial charge in [-0.2, -0.15) is 0 Å². The first kappa shape index (κ1) is 70.1. The summed E-state index contributed by atoms with van der Waals surface area (Å²) in [6, 6.07) is 5.14. The van der Waals surface area contributed by atoms with Gasteiger partial charge in [-0.25, -0.2) is 14.4 Å². The highest BCUT2D eigenvalue weighted by molar-refractivity contribution is 6.12. The number of hydrogen-bond acceptors (Lipinski definition) is 16. The van der Waals surface area contributed by atoms with Crippen LogP contribution >= 0.6 is 0 Å². The van der Waals surface area contributed by atoms with Crippen LogP contribution in [0.5, 0.6) is 0 Å². The van der Waals surface area contributed by atoms with E-state index < -0.39 is 60.2 Å². The van der Waals surface area contributed by atoms with Gasteiger partial charge in [-0.05, 0) is 106 Å². The molecule has 0 spiro atoms. The zero-order valence-corrected chi connectivity index (χ0v) is 51.8. The summed E-state index contributed by atoms with van der Waals surface area (Å²) in [6.07, 6.45) is 12.5. The molecule has 5 rings (SSSR count). The first-order valence-corrected chi connectivity index (χ1v) is 30.6. The number of piperazine rings is 1. The van der Waals surface area contributed by atoms with Gasteiger partial charge in [0.2, 0.25) is 11.8 Å². The first-order valence-electron chi connectivity index (χ1n) is 30.6. The predicted molar refractivity (Wildman–Crippen MR) is 323 cm³/mol. The minimum absolute atomic E-state index is 0.0191. The molecule has 4 aliphatic heterocycles. The number of esters is 1. The molecule has 86 heavy (non-hydrogen) atoms. The molecule has 0 bridgehead atoms. The molecular formula is C63H96N8O15. The van der Waals surface area contributed by atoms with Crippen molar-refractivity contribution in [1.29, 1.82) is 0 Å². The van der Waals surface area contributed by atoms with E-state index in [0.717, 1.165) is 12.0 Å². The van der Waals surface area contributed by atoms with Gasteiger partial charge in [-0.3, -0.25) is 28.9 Å².